The largest absolute Gasteiger partial charge is 0.445 e. The van der Waals surface area contributed by atoms with Gasteiger partial charge >= 0.3 is 18.4 Å². The smallest absolute Gasteiger partial charge is 0.416 e. The van der Waals surface area contributed by atoms with Crippen molar-refractivity contribution >= 4 is 12.0 Å². The lowest BCUT2D eigenvalue weighted by Gasteiger charge is -2.26. The minimum atomic E-state index is -5.00. The van der Waals surface area contributed by atoms with Crippen LogP contribution in [-0.2, 0) is 36.8 Å². The maximum Gasteiger partial charge on any atom is 0.416 e. The van der Waals surface area contributed by atoms with Gasteiger partial charge in [0.2, 0.25) is 0 Å². The number of amides is 2. The van der Waals surface area contributed by atoms with Crippen molar-refractivity contribution in [2.45, 2.75) is 38.5 Å². The van der Waals surface area contributed by atoms with Crippen LogP contribution in [-0.4, -0.2) is 64.3 Å². The first-order valence-corrected chi connectivity index (χ1v) is 11.2. The lowest BCUT2D eigenvalue weighted by molar-refractivity contribution is -0.143. The van der Waals surface area contributed by atoms with Crippen LogP contribution in [0.4, 0.5) is 31.1 Å². The monoisotopic (exact) mass is 519 g/mol. The van der Waals surface area contributed by atoms with Crippen molar-refractivity contribution in [1.82, 2.24) is 24.9 Å². The Labute approximate surface area is 201 Å². The second-order valence-corrected chi connectivity index (χ2v) is 8.53. The first-order chi connectivity index (χ1) is 16.9. The Kier molecular flexibility index (Phi) is 7.16. The molecule has 2 amide bonds. The summed E-state index contributed by atoms with van der Waals surface area (Å²) in [4.78, 5) is 28.3. The fourth-order valence-corrected chi connectivity index (χ4v) is 4.09. The third-order valence-electron chi connectivity index (χ3n) is 5.91. The van der Waals surface area contributed by atoms with Gasteiger partial charge in [0.25, 0.3) is 5.91 Å². The van der Waals surface area contributed by atoms with Crippen molar-refractivity contribution in [3.8, 4) is 0 Å². The van der Waals surface area contributed by atoms with Gasteiger partial charge < -0.3 is 19.9 Å². The summed E-state index contributed by atoms with van der Waals surface area (Å²) in [5.41, 5.74) is -2.59. The molecule has 4 rings (SSSR count). The molecule has 1 aromatic heterocycles. The molecule has 0 aliphatic carbocycles. The molecular formula is C22H23F6N5O3. The highest BCUT2D eigenvalue weighted by Gasteiger charge is 2.37. The number of nitrogens with one attached hydrogen (secondary N) is 1. The van der Waals surface area contributed by atoms with Crippen LogP contribution < -0.4 is 5.32 Å². The molecule has 0 saturated carbocycles. The normalized spacial score (nSPS) is 16.9. The van der Waals surface area contributed by atoms with Crippen molar-refractivity contribution in [2.75, 3.05) is 32.7 Å². The maximum absolute atomic E-state index is 13.1. The Morgan fingerprint density at radius 1 is 0.889 bits per heavy atom. The van der Waals surface area contributed by atoms with Gasteiger partial charge in [0.05, 0.1) is 23.4 Å². The number of hydrogen-bond acceptors (Lipinski definition) is 5. The SMILES string of the molecule is O=C(OCc1cc(C(F)(F)F)cc(C(F)(F)F)c1)N1CCCn2nc(C(=O)N3CCNCC3)cc2C1. The highest BCUT2D eigenvalue weighted by Crippen LogP contribution is 2.36. The molecule has 0 unspecified atom stereocenters. The number of halogens is 6. The van der Waals surface area contributed by atoms with E-state index in [1.807, 2.05) is 0 Å². The number of aromatic nitrogens is 2. The summed E-state index contributed by atoms with van der Waals surface area (Å²) in [6.07, 6.45) is -10.4. The number of rotatable bonds is 3. The summed E-state index contributed by atoms with van der Waals surface area (Å²) in [5.74, 6) is -0.226. The number of carbonyl (C=O) groups is 2. The van der Waals surface area contributed by atoms with E-state index >= 15 is 0 Å². The maximum atomic E-state index is 13.1. The summed E-state index contributed by atoms with van der Waals surface area (Å²) in [6.45, 7) is 2.36. The molecule has 2 aliphatic heterocycles. The molecule has 0 radical (unpaired) electrons. The summed E-state index contributed by atoms with van der Waals surface area (Å²) in [5, 5.41) is 7.50. The molecule has 0 spiro atoms. The van der Waals surface area contributed by atoms with Gasteiger partial charge in [-0.05, 0) is 36.2 Å². The number of piperazine rings is 1. The highest BCUT2D eigenvalue weighted by atomic mass is 19.4. The van der Waals surface area contributed by atoms with Crippen LogP contribution in [0.5, 0.6) is 0 Å². The van der Waals surface area contributed by atoms with Crippen molar-refractivity contribution in [3.63, 3.8) is 0 Å². The van der Waals surface area contributed by atoms with E-state index in [2.05, 4.69) is 10.4 Å². The number of ether oxygens (including phenoxy) is 1. The van der Waals surface area contributed by atoms with Crippen LogP contribution in [0.2, 0.25) is 0 Å². The molecule has 196 valence electrons. The van der Waals surface area contributed by atoms with Crippen molar-refractivity contribution in [3.05, 3.63) is 52.3 Å². The van der Waals surface area contributed by atoms with Gasteiger partial charge in [-0.1, -0.05) is 0 Å². The van der Waals surface area contributed by atoms with Crippen LogP contribution in [0, 0.1) is 0 Å². The summed E-state index contributed by atoms with van der Waals surface area (Å²) >= 11 is 0. The van der Waals surface area contributed by atoms with Crippen LogP contribution in [0.1, 0.15) is 39.3 Å². The minimum absolute atomic E-state index is 0.0144. The molecule has 1 saturated heterocycles. The number of benzene rings is 1. The fourth-order valence-electron chi connectivity index (χ4n) is 4.09. The predicted octanol–water partition coefficient (Wildman–Crippen LogP) is 3.51. The number of hydrogen-bond donors (Lipinski definition) is 1. The lowest BCUT2D eigenvalue weighted by atomic mass is 10.1. The second-order valence-electron chi connectivity index (χ2n) is 8.53. The fraction of sp³-hybridized carbons (Fsp3) is 0.500. The summed E-state index contributed by atoms with van der Waals surface area (Å²) in [7, 11) is 0. The van der Waals surface area contributed by atoms with Crippen molar-refractivity contribution in [1.29, 1.82) is 0 Å². The van der Waals surface area contributed by atoms with E-state index in [4.69, 9.17) is 4.74 Å². The highest BCUT2D eigenvalue weighted by molar-refractivity contribution is 5.92. The van der Waals surface area contributed by atoms with Gasteiger partial charge in [-0.25, -0.2) is 4.79 Å². The standard InChI is InChI=1S/C22H23F6N5O3/c23-21(24,25)15-8-14(9-16(10-15)22(26,27)28)13-36-20(35)32-4-1-5-33-17(12-32)11-18(30-33)19(34)31-6-2-29-3-7-31/h8-11,29H,1-7,12-13H2. The number of carbonyl (C=O) groups excluding carboxylic acids is 2. The topological polar surface area (TPSA) is 79.7 Å². The Hall–Kier alpha value is -3.29. The first kappa shape index (κ1) is 25.8. The minimum Gasteiger partial charge on any atom is -0.445 e. The molecule has 14 heteroatoms. The molecule has 1 N–H and O–H groups in total. The molecule has 2 aromatic rings. The predicted molar refractivity (Wildman–Crippen MR) is 113 cm³/mol. The summed E-state index contributed by atoms with van der Waals surface area (Å²) in [6, 6.07) is 2.64. The quantitative estimate of drug-likeness (QED) is 0.629. The molecule has 3 heterocycles. The van der Waals surface area contributed by atoms with Gasteiger partial charge in [-0.15, -0.1) is 0 Å². The van der Waals surface area contributed by atoms with E-state index in [-0.39, 0.29) is 30.8 Å². The molecule has 0 atom stereocenters. The molecule has 36 heavy (non-hydrogen) atoms. The van der Waals surface area contributed by atoms with Crippen LogP contribution >= 0.6 is 0 Å². The zero-order valence-corrected chi connectivity index (χ0v) is 19.0. The van der Waals surface area contributed by atoms with E-state index in [0.717, 1.165) is 0 Å². The Balaban J connectivity index is 1.44. The third kappa shape index (κ3) is 5.91. The second kappa shape index (κ2) is 9.99. The molecule has 0 bridgehead atoms. The van der Waals surface area contributed by atoms with Crippen molar-refractivity contribution < 1.29 is 40.7 Å². The number of nitrogens with zero attached hydrogens (tertiary/aromatic N) is 4. The van der Waals surface area contributed by atoms with Crippen LogP contribution in [0.25, 0.3) is 0 Å². The van der Waals surface area contributed by atoms with E-state index in [1.54, 1.807) is 15.6 Å². The summed E-state index contributed by atoms with van der Waals surface area (Å²) < 4.78 is 85.1. The van der Waals surface area contributed by atoms with Gasteiger partial charge in [-0.2, -0.15) is 31.4 Å². The van der Waals surface area contributed by atoms with Crippen LogP contribution in [0.3, 0.4) is 0 Å². The Bertz CT molecular complexity index is 1090. The van der Waals surface area contributed by atoms with E-state index in [0.29, 0.717) is 57.0 Å². The van der Waals surface area contributed by atoms with Gasteiger partial charge in [0.15, 0.2) is 5.69 Å². The zero-order chi connectivity index (χ0) is 26.1. The van der Waals surface area contributed by atoms with Gasteiger partial charge in [0.1, 0.15) is 6.61 Å². The average Bonchev–Trinajstić information content (AvgIpc) is 3.12. The lowest BCUT2D eigenvalue weighted by Crippen LogP contribution is -2.46. The number of fused-ring (bicyclic) bond motifs is 1. The molecule has 1 fully saturated rings. The Morgan fingerprint density at radius 2 is 1.53 bits per heavy atom. The van der Waals surface area contributed by atoms with Gasteiger partial charge in [0, 0.05) is 39.3 Å². The Morgan fingerprint density at radius 3 is 2.14 bits per heavy atom. The average molecular weight is 519 g/mol. The number of alkyl halides is 6. The van der Waals surface area contributed by atoms with E-state index in [9.17, 15) is 35.9 Å². The van der Waals surface area contributed by atoms with Crippen molar-refractivity contribution in [2.24, 2.45) is 0 Å². The third-order valence-corrected chi connectivity index (χ3v) is 5.91. The molecule has 1 aromatic carbocycles. The van der Waals surface area contributed by atoms with Gasteiger partial charge in [-0.3, -0.25) is 9.48 Å². The van der Waals surface area contributed by atoms with E-state index < -0.39 is 41.7 Å². The molecule has 8 nitrogen and oxygen atoms in total. The molecule has 2 aliphatic rings. The van der Waals surface area contributed by atoms with E-state index in [1.165, 1.54) is 4.90 Å². The number of aryl methyl sites for hydroxylation is 1. The van der Waals surface area contributed by atoms with Crippen LogP contribution in [0.15, 0.2) is 24.3 Å². The molecular weight excluding hydrogens is 496 g/mol. The first-order valence-electron chi connectivity index (χ1n) is 11.2. The zero-order valence-electron chi connectivity index (χ0n) is 19.0.